The molecule has 0 spiro atoms. The molecule has 0 N–H and O–H groups in total. The summed E-state index contributed by atoms with van der Waals surface area (Å²) in [5, 5.41) is 0. The van der Waals surface area contributed by atoms with Crippen LogP contribution in [0.5, 0.6) is 0 Å². The van der Waals surface area contributed by atoms with Gasteiger partial charge in [0.25, 0.3) is 0 Å². The number of rotatable bonds is 3. The zero-order valence-corrected chi connectivity index (χ0v) is 9.34. The molecule has 0 unspecified atom stereocenters. The molecule has 0 saturated heterocycles. The Kier molecular flexibility index (Phi) is 4.01. The number of hydrogen-bond donors (Lipinski definition) is 0. The van der Waals surface area contributed by atoms with E-state index in [9.17, 15) is 9.18 Å². The minimum Gasteiger partial charge on any atom is -0.298 e. The van der Waals surface area contributed by atoms with Crippen LogP contribution in [0.1, 0.15) is 18.9 Å². The summed E-state index contributed by atoms with van der Waals surface area (Å²) in [6, 6.07) is 4.77. The fourth-order valence-corrected chi connectivity index (χ4v) is 1.28. The van der Waals surface area contributed by atoms with E-state index in [0.29, 0.717) is 22.0 Å². The molecule has 0 fully saturated rings. The lowest BCUT2D eigenvalue weighted by atomic mass is 10.1. The Bertz CT molecular complexity index is 372. The molecule has 1 nitrogen and oxygen atoms in total. The average Bonchev–Trinajstić information content (AvgIpc) is 2.19. The van der Waals surface area contributed by atoms with Crippen LogP contribution >= 0.6 is 15.9 Å². The van der Waals surface area contributed by atoms with Crippen molar-refractivity contribution in [2.75, 3.05) is 0 Å². The zero-order chi connectivity index (χ0) is 10.6. The molecule has 0 aliphatic heterocycles. The number of allylic oxidation sites excluding steroid dienone is 1. The van der Waals surface area contributed by atoms with Gasteiger partial charge < -0.3 is 0 Å². The molecule has 1 aromatic rings. The predicted molar refractivity (Wildman–Crippen MR) is 58.4 cm³/mol. The lowest BCUT2D eigenvalue weighted by molar-refractivity contribution is -0.104. The van der Waals surface area contributed by atoms with Crippen molar-refractivity contribution in [3.63, 3.8) is 0 Å². The van der Waals surface area contributed by atoms with Gasteiger partial charge in [-0.25, -0.2) is 4.39 Å². The molecule has 0 bridgehead atoms. The molecule has 0 atom stereocenters. The molecule has 1 rings (SSSR count). The molecule has 1 aromatic carbocycles. The van der Waals surface area contributed by atoms with Crippen LogP contribution < -0.4 is 0 Å². The van der Waals surface area contributed by atoms with Gasteiger partial charge in [-0.1, -0.05) is 13.0 Å². The van der Waals surface area contributed by atoms with Gasteiger partial charge in [0.1, 0.15) is 12.1 Å². The maximum Gasteiger partial charge on any atom is 0.146 e. The zero-order valence-electron chi connectivity index (χ0n) is 7.76. The number of carbonyl (C=O) groups is 1. The van der Waals surface area contributed by atoms with Gasteiger partial charge in [0.15, 0.2) is 0 Å². The fourth-order valence-electron chi connectivity index (χ4n) is 1.04. The second-order valence-corrected chi connectivity index (χ2v) is 3.72. The Labute approximate surface area is 90.8 Å². The Morgan fingerprint density at radius 1 is 1.57 bits per heavy atom. The smallest absolute Gasteiger partial charge is 0.146 e. The topological polar surface area (TPSA) is 17.1 Å². The molecule has 0 amide bonds. The maximum absolute atomic E-state index is 13.1. The minimum absolute atomic E-state index is 0.319. The van der Waals surface area contributed by atoms with Gasteiger partial charge in [-0.2, -0.15) is 0 Å². The van der Waals surface area contributed by atoms with Gasteiger partial charge in [0, 0.05) is 0 Å². The number of hydrogen-bond acceptors (Lipinski definition) is 1. The van der Waals surface area contributed by atoms with Crippen LogP contribution in [0.15, 0.2) is 28.2 Å². The van der Waals surface area contributed by atoms with Crippen LogP contribution in [-0.4, -0.2) is 6.29 Å². The summed E-state index contributed by atoms with van der Waals surface area (Å²) in [6.07, 6.45) is 3.13. The van der Waals surface area contributed by atoms with E-state index >= 15 is 0 Å². The molecule has 0 saturated carbocycles. The van der Waals surface area contributed by atoms with E-state index in [1.165, 1.54) is 6.07 Å². The molecular formula is C11H10BrFO. The summed E-state index contributed by atoms with van der Waals surface area (Å²) >= 11 is 3.06. The summed E-state index contributed by atoms with van der Waals surface area (Å²) in [4.78, 5) is 10.5. The third-order valence-electron chi connectivity index (χ3n) is 1.86. The molecule has 0 aromatic heterocycles. The van der Waals surface area contributed by atoms with Crippen molar-refractivity contribution in [3.8, 4) is 0 Å². The molecule has 3 heteroatoms. The minimum atomic E-state index is -0.319. The molecular weight excluding hydrogens is 247 g/mol. The molecule has 0 radical (unpaired) electrons. The Hall–Kier alpha value is -0.960. The van der Waals surface area contributed by atoms with Crippen molar-refractivity contribution in [2.24, 2.45) is 0 Å². The molecule has 74 valence electrons. The van der Waals surface area contributed by atoms with Gasteiger partial charge in [0.05, 0.1) is 4.47 Å². The van der Waals surface area contributed by atoms with Crippen LogP contribution in [0.25, 0.3) is 6.08 Å². The highest BCUT2D eigenvalue weighted by molar-refractivity contribution is 9.10. The lowest BCUT2D eigenvalue weighted by Gasteiger charge is -1.98. The van der Waals surface area contributed by atoms with Gasteiger partial charge in [-0.05, 0) is 51.7 Å². The highest BCUT2D eigenvalue weighted by Gasteiger charge is 1.99. The predicted octanol–water partition coefficient (Wildman–Crippen LogP) is 3.58. The van der Waals surface area contributed by atoms with Gasteiger partial charge in [-0.3, -0.25) is 4.79 Å². The first-order valence-corrected chi connectivity index (χ1v) is 5.07. The van der Waals surface area contributed by atoms with Crippen LogP contribution in [0.2, 0.25) is 0 Å². The number of benzene rings is 1. The van der Waals surface area contributed by atoms with E-state index in [1.54, 1.807) is 18.2 Å². The highest BCUT2D eigenvalue weighted by Crippen LogP contribution is 2.18. The normalized spacial score (nSPS) is 11.5. The number of carbonyl (C=O) groups excluding carboxylic acids is 1. The summed E-state index contributed by atoms with van der Waals surface area (Å²) in [5.41, 5.74) is 1.36. The summed E-state index contributed by atoms with van der Waals surface area (Å²) in [6.45, 7) is 1.88. The molecule has 14 heavy (non-hydrogen) atoms. The molecule has 0 aliphatic rings. The van der Waals surface area contributed by atoms with Gasteiger partial charge in [0.2, 0.25) is 0 Å². The molecule has 0 heterocycles. The monoisotopic (exact) mass is 256 g/mol. The standard InChI is InChI=1S/C11H10BrFO/c1-2-8(7-14)5-9-3-4-10(12)11(13)6-9/h3-7H,2H2,1H3/b8-5-. The number of halogens is 2. The van der Waals surface area contributed by atoms with Gasteiger partial charge in [-0.15, -0.1) is 0 Å². The van der Waals surface area contributed by atoms with E-state index in [4.69, 9.17) is 0 Å². The van der Waals surface area contributed by atoms with E-state index in [-0.39, 0.29) is 5.82 Å². The fraction of sp³-hybridized carbons (Fsp3) is 0.182. The lowest BCUT2D eigenvalue weighted by Crippen LogP contribution is -1.84. The Morgan fingerprint density at radius 2 is 2.29 bits per heavy atom. The largest absolute Gasteiger partial charge is 0.298 e. The first-order valence-electron chi connectivity index (χ1n) is 4.28. The first-order chi connectivity index (χ1) is 6.67. The van der Waals surface area contributed by atoms with Crippen molar-refractivity contribution in [1.29, 1.82) is 0 Å². The SMILES string of the molecule is CC/C(C=O)=C/c1ccc(Br)c(F)c1. The van der Waals surface area contributed by atoms with E-state index in [0.717, 1.165) is 6.29 Å². The van der Waals surface area contributed by atoms with Crippen LogP contribution in [0.3, 0.4) is 0 Å². The molecule has 0 aliphatic carbocycles. The summed E-state index contributed by atoms with van der Waals surface area (Å²) in [5.74, 6) is -0.319. The number of aldehydes is 1. The van der Waals surface area contributed by atoms with Crippen molar-refractivity contribution in [3.05, 3.63) is 39.6 Å². The summed E-state index contributed by atoms with van der Waals surface area (Å²) in [7, 11) is 0. The van der Waals surface area contributed by atoms with Crippen molar-refractivity contribution in [2.45, 2.75) is 13.3 Å². The van der Waals surface area contributed by atoms with E-state index in [1.807, 2.05) is 6.92 Å². The van der Waals surface area contributed by atoms with Crippen molar-refractivity contribution < 1.29 is 9.18 Å². The first kappa shape index (κ1) is 11.1. The Morgan fingerprint density at radius 3 is 2.79 bits per heavy atom. The van der Waals surface area contributed by atoms with Crippen LogP contribution in [0.4, 0.5) is 4.39 Å². The Balaban J connectivity index is 3.03. The third kappa shape index (κ3) is 2.77. The second kappa shape index (κ2) is 5.05. The van der Waals surface area contributed by atoms with E-state index < -0.39 is 0 Å². The highest BCUT2D eigenvalue weighted by atomic mass is 79.9. The third-order valence-corrected chi connectivity index (χ3v) is 2.50. The van der Waals surface area contributed by atoms with Crippen LogP contribution in [0, 0.1) is 5.82 Å². The van der Waals surface area contributed by atoms with Gasteiger partial charge >= 0.3 is 0 Å². The van der Waals surface area contributed by atoms with E-state index in [2.05, 4.69) is 15.9 Å². The summed E-state index contributed by atoms with van der Waals surface area (Å²) < 4.78 is 13.5. The van der Waals surface area contributed by atoms with Crippen LogP contribution in [-0.2, 0) is 4.79 Å². The second-order valence-electron chi connectivity index (χ2n) is 2.86. The maximum atomic E-state index is 13.1. The quantitative estimate of drug-likeness (QED) is 0.597. The van der Waals surface area contributed by atoms with Crippen molar-refractivity contribution in [1.82, 2.24) is 0 Å². The average molecular weight is 257 g/mol. The van der Waals surface area contributed by atoms with Crippen molar-refractivity contribution >= 4 is 28.3 Å².